The van der Waals surface area contributed by atoms with Gasteiger partial charge < -0.3 is 36.6 Å². The van der Waals surface area contributed by atoms with Crippen LogP contribution in [-0.4, -0.2) is 23.1 Å². The van der Waals surface area contributed by atoms with Gasteiger partial charge in [-0.2, -0.15) is 11.2 Å². The number of hydrogen-bond acceptors (Lipinski definition) is 7. The van der Waals surface area contributed by atoms with E-state index in [2.05, 4.69) is 29.3 Å². The SMILES string of the molecule is C[C@@H]1[CH-]CN(c2ncc3c4c(c(-c5c(F)ccc6sc(N)c(C#N)c56)c(Cl)c3n2)COC4)C1.[CH3-].[CH3-].[Li+]. The van der Waals surface area contributed by atoms with Crippen LogP contribution in [-0.2, 0) is 18.0 Å². The predicted molar refractivity (Wildman–Crippen MR) is 141 cm³/mol. The summed E-state index contributed by atoms with van der Waals surface area (Å²) in [5, 5.41) is 11.7. The molecule has 2 N–H and O–H groups in total. The maximum Gasteiger partial charge on any atom is 1.00 e. The van der Waals surface area contributed by atoms with E-state index < -0.39 is 5.82 Å². The van der Waals surface area contributed by atoms with Gasteiger partial charge in [0.15, 0.2) is 0 Å². The van der Waals surface area contributed by atoms with E-state index in [0.717, 1.165) is 34.3 Å². The van der Waals surface area contributed by atoms with E-state index in [-0.39, 0.29) is 51.4 Å². The largest absolute Gasteiger partial charge is 1.00 e. The molecule has 2 aliphatic rings. The first-order valence-electron chi connectivity index (χ1n) is 10.5. The zero-order chi connectivity index (χ0) is 22.9. The van der Waals surface area contributed by atoms with Crippen LogP contribution in [0, 0.1) is 44.3 Å². The van der Waals surface area contributed by atoms with Gasteiger partial charge >= 0.3 is 18.9 Å². The van der Waals surface area contributed by atoms with Crippen LogP contribution < -0.4 is 29.5 Å². The van der Waals surface area contributed by atoms with Gasteiger partial charge in [-0.3, -0.25) is 0 Å². The molecule has 4 heterocycles. The molecule has 2 aromatic heterocycles. The fourth-order valence-corrected chi connectivity index (χ4v) is 6.11. The Morgan fingerprint density at radius 2 is 2.03 bits per heavy atom. The number of nitrogen functional groups attached to an aromatic ring is 1. The van der Waals surface area contributed by atoms with Crippen LogP contribution in [0.2, 0.25) is 5.02 Å². The topological polar surface area (TPSA) is 88.1 Å². The van der Waals surface area contributed by atoms with Gasteiger partial charge in [-0.15, -0.1) is 17.9 Å². The number of ether oxygens (including phenoxy) is 1. The van der Waals surface area contributed by atoms with Crippen LogP contribution in [0.3, 0.4) is 0 Å². The molecule has 0 bridgehead atoms. The molecule has 182 valence electrons. The van der Waals surface area contributed by atoms with Crippen LogP contribution in [0.5, 0.6) is 0 Å². The van der Waals surface area contributed by atoms with E-state index in [0.29, 0.717) is 45.0 Å². The number of nitrogens with zero attached hydrogens (tertiary/aromatic N) is 4. The second kappa shape index (κ2) is 10.5. The van der Waals surface area contributed by atoms with Crippen LogP contribution in [0.1, 0.15) is 23.6 Å². The summed E-state index contributed by atoms with van der Waals surface area (Å²) in [6, 6.07) is 5.18. The fraction of sp³-hybridized carbons (Fsp3) is 0.231. The second-order valence-electron chi connectivity index (χ2n) is 8.44. The maximum absolute atomic E-state index is 15.5. The molecule has 1 fully saturated rings. The standard InChI is InChI=1S/C24H18ClFN5OS.2CH3.Li/c1-11-4-5-31(8-11)24-29-7-13-14-9-32-10-15(14)19(21(25)22(13)30-24)20-16(26)2-3-17-18(20)12(6-27)23(28)33-17;;;/h2-4,7,11H,5,8-10,28H2,1H3;2*1H3;/q3*-1;+1/t11-;;;/m1.../s1. The van der Waals surface area contributed by atoms with Gasteiger partial charge in [0.05, 0.1) is 29.3 Å². The van der Waals surface area contributed by atoms with Crippen molar-refractivity contribution in [3.05, 3.63) is 67.1 Å². The predicted octanol–water partition coefficient (Wildman–Crippen LogP) is 3.35. The molecule has 0 radical (unpaired) electrons. The maximum atomic E-state index is 15.5. The molecule has 6 rings (SSSR count). The fourth-order valence-electron chi connectivity index (χ4n) is 4.82. The number of halogens is 2. The molecule has 6 nitrogen and oxygen atoms in total. The Bertz CT molecular complexity index is 1520. The zero-order valence-electron chi connectivity index (χ0n) is 20.7. The Kier molecular flexibility index (Phi) is 8.25. The van der Waals surface area contributed by atoms with E-state index in [1.54, 1.807) is 12.3 Å². The van der Waals surface area contributed by atoms with Gasteiger partial charge in [0.25, 0.3) is 0 Å². The summed E-state index contributed by atoms with van der Waals surface area (Å²) in [4.78, 5) is 11.5. The van der Waals surface area contributed by atoms with Crippen molar-refractivity contribution in [2.45, 2.75) is 20.1 Å². The summed E-state index contributed by atoms with van der Waals surface area (Å²) >= 11 is 8.25. The van der Waals surface area contributed by atoms with Crippen LogP contribution in [0.4, 0.5) is 15.3 Å². The Hall–Kier alpha value is -2.39. The summed E-state index contributed by atoms with van der Waals surface area (Å²) in [6.45, 7) is 4.40. The normalized spacial score (nSPS) is 16.3. The number of nitriles is 1. The quantitative estimate of drug-likeness (QED) is 0.325. The Balaban J connectivity index is 0.00000120. The summed E-state index contributed by atoms with van der Waals surface area (Å²) in [7, 11) is 0. The van der Waals surface area contributed by atoms with E-state index in [1.165, 1.54) is 17.4 Å². The van der Waals surface area contributed by atoms with Crippen molar-refractivity contribution in [2.75, 3.05) is 23.7 Å². The van der Waals surface area contributed by atoms with Gasteiger partial charge in [0.1, 0.15) is 16.9 Å². The average Bonchev–Trinajstić information content (AvgIpc) is 3.53. The third-order valence-electron chi connectivity index (χ3n) is 6.40. The molecule has 10 heteroatoms. The van der Waals surface area contributed by atoms with Crippen molar-refractivity contribution >= 4 is 54.9 Å². The van der Waals surface area contributed by atoms with Gasteiger partial charge in [0, 0.05) is 32.8 Å². The van der Waals surface area contributed by atoms with Crippen LogP contribution in [0.15, 0.2) is 18.3 Å². The van der Waals surface area contributed by atoms with Crippen molar-refractivity contribution in [3.8, 4) is 17.2 Å². The molecule has 2 aliphatic heterocycles. The molecular formula is C26H24ClFLiN5OS-2. The Morgan fingerprint density at radius 1 is 1.28 bits per heavy atom. The van der Waals surface area contributed by atoms with Crippen LogP contribution >= 0.6 is 22.9 Å². The Morgan fingerprint density at radius 3 is 2.72 bits per heavy atom. The first kappa shape index (κ1) is 28.2. The number of benzene rings is 2. The van der Waals surface area contributed by atoms with Crippen molar-refractivity contribution in [2.24, 2.45) is 5.92 Å². The summed E-state index contributed by atoms with van der Waals surface area (Å²) in [5.41, 5.74) is 9.39. The number of fused-ring (bicyclic) bond motifs is 4. The van der Waals surface area contributed by atoms with Gasteiger partial charge in [-0.25, -0.2) is 14.4 Å². The van der Waals surface area contributed by atoms with Gasteiger partial charge in [0.2, 0.25) is 5.95 Å². The van der Waals surface area contributed by atoms with Crippen molar-refractivity contribution in [1.29, 1.82) is 5.26 Å². The van der Waals surface area contributed by atoms with E-state index in [4.69, 9.17) is 27.1 Å². The summed E-state index contributed by atoms with van der Waals surface area (Å²) in [5.74, 6) is 0.569. The zero-order valence-corrected chi connectivity index (χ0v) is 22.2. The smallest absolute Gasteiger partial charge is 0.389 e. The molecule has 1 atom stereocenters. The first-order valence-corrected chi connectivity index (χ1v) is 11.7. The number of rotatable bonds is 2. The number of nitrogens with two attached hydrogens (primary N) is 1. The molecule has 36 heavy (non-hydrogen) atoms. The molecule has 2 aromatic carbocycles. The van der Waals surface area contributed by atoms with E-state index >= 15 is 4.39 Å². The third-order valence-corrected chi connectivity index (χ3v) is 7.75. The van der Waals surface area contributed by atoms with Crippen molar-refractivity contribution < 1.29 is 28.0 Å². The minimum Gasteiger partial charge on any atom is -0.389 e. The van der Waals surface area contributed by atoms with Crippen LogP contribution in [0.25, 0.3) is 32.1 Å². The molecular weight excluding hydrogens is 492 g/mol. The molecule has 0 saturated carbocycles. The number of anilines is 2. The molecule has 4 aromatic rings. The van der Waals surface area contributed by atoms with E-state index in [1.807, 2.05) is 0 Å². The number of hydrogen-bond donors (Lipinski definition) is 1. The number of thiophene rings is 1. The minimum absolute atomic E-state index is 0. The summed E-state index contributed by atoms with van der Waals surface area (Å²) in [6.07, 6.45) is 4.00. The van der Waals surface area contributed by atoms with Gasteiger partial charge in [-0.05, 0) is 29.8 Å². The van der Waals surface area contributed by atoms with E-state index in [9.17, 15) is 5.26 Å². The number of aromatic nitrogens is 2. The average molecular weight is 516 g/mol. The Labute approximate surface area is 231 Å². The summed E-state index contributed by atoms with van der Waals surface area (Å²) < 4.78 is 21.9. The molecule has 0 spiro atoms. The van der Waals surface area contributed by atoms with Gasteiger partial charge in [-0.1, -0.05) is 18.5 Å². The van der Waals surface area contributed by atoms with Crippen molar-refractivity contribution in [3.63, 3.8) is 0 Å². The van der Waals surface area contributed by atoms with Crippen molar-refractivity contribution in [1.82, 2.24) is 9.97 Å². The molecule has 0 amide bonds. The monoisotopic (exact) mass is 515 g/mol. The minimum atomic E-state index is -0.468. The third kappa shape index (κ3) is 4.14. The molecule has 0 aliphatic carbocycles. The molecule has 0 unspecified atom stereocenters. The first-order chi connectivity index (χ1) is 16.0. The molecule has 1 saturated heterocycles. The second-order valence-corrected chi connectivity index (χ2v) is 9.90.